The van der Waals surface area contributed by atoms with Crippen LogP contribution in [0.4, 0.5) is 4.79 Å². The van der Waals surface area contributed by atoms with Crippen molar-refractivity contribution in [3.05, 3.63) is 42.6 Å². The summed E-state index contributed by atoms with van der Waals surface area (Å²) >= 11 is 0. The zero-order valence-electron chi connectivity index (χ0n) is 16.2. The molecule has 1 aromatic heterocycles. The Labute approximate surface area is 165 Å². The number of benzene rings is 1. The first-order valence-corrected chi connectivity index (χ1v) is 9.90. The number of fused-ring (bicyclic) bond motifs is 2. The van der Waals surface area contributed by atoms with Crippen LogP contribution in [0.5, 0.6) is 11.6 Å². The van der Waals surface area contributed by atoms with E-state index in [9.17, 15) is 9.90 Å². The molecule has 2 aromatic rings. The third-order valence-electron chi connectivity index (χ3n) is 5.49. The van der Waals surface area contributed by atoms with Gasteiger partial charge in [0.25, 0.3) is 0 Å². The Hall–Kier alpha value is -2.76. The van der Waals surface area contributed by atoms with Crippen LogP contribution in [0.15, 0.2) is 42.6 Å². The number of amides is 1. The number of carbonyl (C=O) groups is 1. The average Bonchev–Trinajstić information content (AvgIpc) is 2.94. The highest BCUT2D eigenvalue weighted by atomic mass is 16.5. The van der Waals surface area contributed by atoms with Crippen LogP contribution in [-0.2, 0) is 0 Å². The molecule has 6 heteroatoms. The van der Waals surface area contributed by atoms with Crippen molar-refractivity contribution in [1.82, 2.24) is 9.88 Å². The molecule has 0 aliphatic carbocycles. The summed E-state index contributed by atoms with van der Waals surface area (Å²) in [5, 5.41) is 9.36. The summed E-state index contributed by atoms with van der Waals surface area (Å²) in [6.07, 6.45) is 4.53. The number of aromatic nitrogens is 1. The molecule has 2 aliphatic heterocycles. The highest BCUT2D eigenvalue weighted by Crippen LogP contribution is 2.37. The normalized spacial score (nSPS) is 23.7. The molecule has 1 unspecified atom stereocenters. The maximum Gasteiger partial charge on any atom is 0.407 e. The first-order valence-electron chi connectivity index (χ1n) is 9.90. The molecule has 0 radical (unpaired) electrons. The van der Waals surface area contributed by atoms with E-state index in [1.165, 1.54) is 0 Å². The lowest BCUT2D eigenvalue weighted by Crippen LogP contribution is -2.48. The van der Waals surface area contributed by atoms with Crippen molar-refractivity contribution in [2.24, 2.45) is 0 Å². The van der Waals surface area contributed by atoms with Gasteiger partial charge in [-0.25, -0.2) is 9.78 Å². The summed E-state index contributed by atoms with van der Waals surface area (Å²) in [5.74, 6) is 1.45. The van der Waals surface area contributed by atoms with Crippen LogP contribution < -0.4 is 9.47 Å². The third-order valence-corrected chi connectivity index (χ3v) is 5.49. The second kappa shape index (κ2) is 7.70. The fraction of sp³-hybridized carbons (Fsp3) is 0.455. The lowest BCUT2D eigenvalue weighted by molar-refractivity contribution is 0.0477. The zero-order chi connectivity index (χ0) is 19.7. The van der Waals surface area contributed by atoms with Crippen molar-refractivity contribution < 1.29 is 19.4 Å². The van der Waals surface area contributed by atoms with E-state index in [2.05, 4.69) is 4.98 Å². The van der Waals surface area contributed by atoms with Crippen molar-refractivity contribution in [3.8, 4) is 22.8 Å². The van der Waals surface area contributed by atoms with Crippen LogP contribution in [-0.4, -0.2) is 45.4 Å². The Morgan fingerprint density at radius 3 is 2.25 bits per heavy atom. The minimum absolute atomic E-state index is 0.0268. The number of carboxylic acid groups (broad SMARTS) is 1. The van der Waals surface area contributed by atoms with E-state index in [0.717, 1.165) is 42.6 Å². The van der Waals surface area contributed by atoms with Crippen LogP contribution in [0.2, 0.25) is 0 Å². The minimum Gasteiger partial charge on any atom is -0.491 e. The monoisotopic (exact) mass is 382 g/mol. The van der Waals surface area contributed by atoms with Crippen LogP contribution in [0.1, 0.15) is 39.5 Å². The highest BCUT2D eigenvalue weighted by Gasteiger charge is 2.44. The summed E-state index contributed by atoms with van der Waals surface area (Å²) in [5.41, 5.74) is 2.09. The molecule has 148 valence electrons. The number of piperidine rings is 1. The molecule has 0 spiro atoms. The Balaban J connectivity index is 1.38. The molecular formula is C22H26N2O4. The van der Waals surface area contributed by atoms with Gasteiger partial charge in [0.2, 0.25) is 5.88 Å². The lowest BCUT2D eigenvalue weighted by atomic mass is 10.0. The van der Waals surface area contributed by atoms with E-state index >= 15 is 0 Å². The fourth-order valence-electron chi connectivity index (χ4n) is 4.33. The summed E-state index contributed by atoms with van der Waals surface area (Å²) in [7, 11) is 0. The Morgan fingerprint density at radius 2 is 1.71 bits per heavy atom. The van der Waals surface area contributed by atoms with E-state index in [-0.39, 0.29) is 24.3 Å². The molecular weight excluding hydrogens is 356 g/mol. The topological polar surface area (TPSA) is 71.9 Å². The van der Waals surface area contributed by atoms with Gasteiger partial charge in [0, 0.05) is 42.8 Å². The molecule has 1 amide bonds. The van der Waals surface area contributed by atoms with Gasteiger partial charge in [-0.2, -0.15) is 0 Å². The largest absolute Gasteiger partial charge is 0.491 e. The molecule has 2 bridgehead atoms. The van der Waals surface area contributed by atoms with Gasteiger partial charge in [-0.1, -0.05) is 12.1 Å². The van der Waals surface area contributed by atoms with E-state index in [1.54, 1.807) is 4.90 Å². The summed E-state index contributed by atoms with van der Waals surface area (Å²) in [6, 6.07) is 12.0. The molecule has 3 atom stereocenters. The van der Waals surface area contributed by atoms with Crippen LogP contribution in [0.3, 0.4) is 0 Å². The smallest absolute Gasteiger partial charge is 0.407 e. The summed E-state index contributed by atoms with van der Waals surface area (Å²) < 4.78 is 11.7. The van der Waals surface area contributed by atoms with Gasteiger partial charge < -0.3 is 19.5 Å². The molecule has 1 N–H and O–H groups in total. The van der Waals surface area contributed by atoms with Crippen LogP contribution >= 0.6 is 0 Å². The Bertz CT molecular complexity index is 805. The first-order chi connectivity index (χ1) is 13.5. The van der Waals surface area contributed by atoms with Gasteiger partial charge in [0.15, 0.2) is 0 Å². The molecule has 2 saturated heterocycles. The molecule has 6 nitrogen and oxygen atoms in total. The molecule has 28 heavy (non-hydrogen) atoms. The van der Waals surface area contributed by atoms with Crippen molar-refractivity contribution >= 4 is 6.09 Å². The molecule has 1 aromatic carbocycles. The van der Waals surface area contributed by atoms with E-state index in [1.807, 2.05) is 56.4 Å². The van der Waals surface area contributed by atoms with E-state index in [4.69, 9.17) is 9.47 Å². The Kier molecular flexibility index (Phi) is 5.11. The number of ether oxygens (including phenoxy) is 2. The van der Waals surface area contributed by atoms with Gasteiger partial charge in [0.1, 0.15) is 11.9 Å². The number of nitrogens with zero attached hydrogens (tertiary/aromatic N) is 2. The standard InChI is InChI=1S/C22H26N2O4/c1-14(2)27-19-8-3-15(4-9-19)16-5-10-21(23-13-16)28-20-11-17-6-7-18(12-20)24(17)22(25)26/h3-5,8-10,13-14,17-18,20H,6-7,11-12H2,1-2H3,(H,25,26)/t17-,18+,20?. The predicted molar refractivity (Wildman–Crippen MR) is 106 cm³/mol. The van der Waals surface area contributed by atoms with Crippen molar-refractivity contribution in [1.29, 1.82) is 0 Å². The maximum atomic E-state index is 11.4. The average molecular weight is 382 g/mol. The number of rotatable bonds is 5. The van der Waals surface area contributed by atoms with Gasteiger partial charge in [-0.15, -0.1) is 0 Å². The van der Waals surface area contributed by atoms with Gasteiger partial charge in [0.05, 0.1) is 6.10 Å². The van der Waals surface area contributed by atoms with E-state index in [0.29, 0.717) is 5.88 Å². The SMILES string of the molecule is CC(C)Oc1ccc(-c2ccc(OC3C[C@H]4CC[C@@H](C3)N4C(=O)O)nc2)cc1. The molecule has 3 heterocycles. The second-order valence-corrected chi connectivity index (χ2v) is 7.86. The highest BCUT2D eigenvalue weighted by molar-refractivity contribution is 5.66. The predicted octanol–water partition coefficient (Wildman–Crippen LogP) is 4.59. The summed E-state index contributed by atoms with van der Waals surface area (Å²) in [4.78, 5) is 17.5. The minimum atomic E-state index is -0.807. The third kappa shape index (κ3) is 3.91. The van der Waals surface area contributed by atoms with E-state index < -0.39 is 6.09 Å². The molecule has 2 fully saturated rings. The first kappa shape index (κ1) is 18.6. The molecule has 2 aliphatic rings. The van der Waals surface area contributed by atoms with Gasteiger partial charge in [-0.05, 0) is 50.5 Å². The number of pyridine rings is 1. The van der Waals surface area contributed by atoms with Crippen molar-refractivity contribution in [3.63, 3.8) is 0 Å². The summed E-state index contributed by atoms with van der Waals surface area (Å²) in [6.45, 7) is 4.01. The van der Waals surface area contributed by atoms with Gasteiger partial charge >= 0.3 is 6.09 Å². The van der Waals surface area contributed by atoms with Crippen LogP contribution in [0, 0.1) is 0 Å². The fourth-order valence-corrected chi connectivity index (χ4v) is 4.33. The molecule has 0 saturated carbocycles. The van der Waals surface area contributed by atoms with Crippen molar-refractivity contribution in [2.75, 3.05) is 0 Å². The lowest BCUT2D eigenvalue weighted by Gasteiger charge is -2.36. The van der Waals surface area contributed by atoms with Gasteiger partial charge in [-0.3, -0.25) is 0 Å². The number of hydrogen-bond donors (Lipinski definition) is 1. The maximum absolute atomic E-state index is 11.4. The van der Waals surface area contributed by atoms with Crippen molar-refractivity contribution in [2.45, 2.75) is 63.8 Å². The number of hydrogen-bond acceptors (Lipinski definition) is 4. The second-order valence-electron chi connectivity index (χ2n) is 7.86. The quantitative estimate of drug-likeness (QED) is 0.819. The molecule has 4 rings (SSSR count). The Morgan fingerprint density at radius 1 is 1.07 bits per heavy atom. The van der Waals surface area contributed by atoms with Crippen LogP contribution in [0.25, 0.3) is 11.1 Å². The zero-order valence-corrected chi connectivity index (χ0v) is 16.2.